The predicted octanol–water partition coefficient (Wildman–Crippen LogP) is 2.35. The van der Waals surface area contributed by atoms with Crippen molar-refractivity contribution in [1.29, 1.82) is 0 Å². The van der Waals surface area contributed by atoms with Crippen LogP contribution in [0.4, 0.5) is 10.1 Å². The highest BCUT2D eigenvalue weighted by atomic mass is 19.1. The van der Waals surface area contributed by atoms with E-state index in [9.17, 15) is 14.5 Å². The van der Waals surface area contributed by atoms with Crippen LogP contribution in [0.25, 0.3) is 0 Å². The van der Waals surface area contributed by atoms with E-state index < -0.39 is 16.4 Å². The van der Waals surface area contributed by atoms with Gasteiger partial charge in [0.15, 0.2) is 0 Å². The Hall–Kier alpha value is -1.45. The van der Waals surface area contributed by atoms with Gasteiger partial charge in [0.05, 0.1) is 4.92 Å². The normalized spacial score (nSPS) is 9.92. The van der Waals surface area contributed by atoms with Crippen molar-refractivity contribution in [3.05, 3.63) is 39.2 Å². The molecule has 4 heteroatoms. The van der Waals surface area contributed by atoms with Gasteiger partial charge in [-0.1, -0.05) is 0 Å². The lowest BCUT2D eigenvalue weighted by Gasteiger charge is -1.99. The summed E-state index contributed by atoms with van der Waals surface area (Å²) in [6.07, 6.45) is 0. The maximum atomic E-state index is 12.8. The monoisotopic (exact) mass is 169 g/mol. The number of rotatable bonds is 1. The molecule has 0 fully saturated rings. The fourth-order valence-corrected chi connectivity index (χ4v) is 0.906. The van der Waals surface area contributed by atoms with Gasteiger partial charge in [-0.25, -0.2) is 0 Å². The first-order valence-corrected chi connectivity index (χ1v) is 3.43. The van der Waals surface area contributed by atoms with E-state index in [0.717, 1.165) is 11.1 Å². The first kappa shape index (κ1) is 8.64. The summed E-state index contributed by atoms with van der Waals surface area (Å²) in [5.74, 6) is -0.775. The van der Waals surface area contributed by atoms with Gasteiger partial charge >= 0.3 is 5.69 Å². The van der Waals surface area contributed by atoms with Crippen molar-refractivity contribution in [1.82, 2.24) is 0 Å². The van der Waals surface area contributed by atoms with E-state index >= 15 is 0 Å². The molecule has 0 unspecified atom stereocenters. The molecule has 0 saturated heterocycles. The van der Waals surface area contributed by atoms with Crippen molar-refractivity contribution in [2.45, 2.75) is 13.8 Å². The van der Waals surface area contributed by atoms with Gasteiger partial charge in [-0.15, -0.1) is 0 Å². The van der Waals surface area contributed by atoms with Crippen molar-refractivity contribution in [3.8, 4) is 0 Å². The first-order valence-electron chi connectivity index (χ1n) is 3.43. The zero-order chi connectivity index (χ0) is 9.30. The molecule has 0 radical (unpaired) electrons. The van der Waals surface area contributed by atoms with Crippen LogP contribution in [0.3, 0.4) is 0 Å². The Labute approximate surface area is 69.0 Å². The van der Waals surface area contributed by atoms with E-state index in [-0.39, 0.29) is 0 Å². The van der Waals surface area contributed by atoms with E-state index in [2.05, 4.69) is 0 Å². The average molecular weight is 169 g/mol. The fourth-order valence-electron chi connectivity index (χ4n) is 0.906. The highest BCUT2D eigenvalue weighted by molar-refractivity contribution is 5.39. The molecule has 0 aliphatic carbocycles. The molecule has 0 aromatic heterocycles. The summed E-state index contributed by atoms with van der Waals surface area (Å²) >= 11 is 0. The summed E-state index contributed by atoms with van der Waals surface area (Å²) in [5.41, 5.74) is 0.985. The molecule has 1 aromatic carbocycles. The molecular weight excluding hydrogens is 161 g/mol. The Balaban J connectivity index is 3.33. The lowest BCUT2D eigenvalue weighted by Crippen LogP contribution is -1.94. The van der Waals surface area contributed by atoms with Gasteiger partial charge in [0, 0.05) is 6.07 Å². The van der Waals surface area contributed by atoms with Crippen molar-refractivity contribution < 1.29 is 9.31 Å². The Morgan fingerprint density at radius 3 is 2.33 bits per heavy atom. The minimum atomic E-state index is -0.775. The Morgan fingerprint density at radius 1 is 1.33 bits per heavy atom. The van der Waals surface area contributed by atoms with E-state index in [1.807, 2.05) is 0 Å². The van der Waals surface area contributed by atoms with Crippen molar-refractivity contribution in [2.75, 3.05) is 0 Å². The van der Waals surface area contributed by atoms with Gasteiger partial charge in [0.25, 0.3) is 0 Å². The first-order chi connectivity index (χ1) is 5.52. The Bertz CT molecular complexity index is 336. The number of hydrogen-bond donors (Lipinski definition) is 0. The molecule has 64 valence electrons. The van der Waals surface area contributed by atoms with Gasteiger partial charge in [-0.05, 0) is 31.0 Å². The third-order valence-corrected chi connectivity index (χ3v) is 1.76. The van der Waals surface area contributed by atoms with Crippen LogP contribution in [0.1, 0.15) is 11.1 Å². The number of halogens is 1. The van der Waals surface area contributed by atoms with Crippen LogP contribution in [-0.2, 0) is 0 Å². The van der Waals surface area contributed by atoms with Crippen molar-refractivity contribution >= 4 is 5.69 Å². The molecule has 0 N–H and O–H groups in total. The molecule has 3 nitrogen and oxygen atoms in total. The van der Waals surface area contributed by atoms with E-state index in [1.54, 1.807) is 13.8 Å². The molecule has 0 bridgehead atoms. The van der Waals surface area contributed by atoms with Gasteiger partial charge in [0.2, 0.25) is 5.82 Å². The fraction of sp³-hybridized carbons (Fsp3) is 0.250. The minimum Gasteiger partial charge on any atom is -0.258 e. The highest BCUT2D eigenvalue weighted by Gasteiger charge is 2.14. The summed E-state index contributed by atoms with van der Waals surface area (Å²) in [6.45, 7) is 3.42. The summed E-state index contributed by atoms with van der Waals surface area (Å²) in [4.78, 5) is 9.53. The molecule has 0 spiro atoms. The molecule has 0 atom stereocenters. The largest absolute Gasteiger partial charge is 0.305 e. The summed E-state index contributed by atoms with van der Waals surface area (Å²) in [5, 5.41) is 10.3. The topological polar surface area (TPSA) is 43.1 Å². The molecule has 1 aromatic rings. The molecular formula is C8H8FNO2. The third kappa shape index (κ3) is 1.42. The number of nitrogens with zero attached hydrogens (tertiary/aromatic N) is 1. The van der Waals surface area contributed by atoms with Crippen LogP contribution >= 0.6 is 0 Å². The molecule has 12 heavy (non-hydrogen) atoms. The van der Waals surface area contributed by atoms with Gasteiger partial charge < -0.3 is 0 Å². The quantitative estimate of drug-likeness (QED) is 0.478. The van der Waals surface area contributed by atoms with Crippen LogP contribution in [0.2, 0.25) is 0 Å². The Kier molecular flexibility index (Phi) is 2.08. The molecule has 0 amide bonds. The average Bonchev–Trinajstić information content (AvgIpc) is 1.96. The molecule has 0 aliphatic heterocycles. The summed E-state index contributed by atoms with van der Waals surface area (Å²) in [7, 11) is 0. The van der Waals surface area contributed by atoms with Gasteiger partial charge in [0.1, 0.15) is 0 Å². The van der Waals surface area contributed by atoms with Gasteiger partial charge in [-0.3, -0.25) is 10.1 Å². The predicted molar refractivity (Wildman–Crippen MR) is 42.5 cm³/mol. The number of benzene rings is 1. The van der Waals surface area contributed by atoms with Crippen LogP contribution in [0, 0.1) is 29.8 Å². The smallest absolute Gasteiger partial charge is 0.258 e. The van der Waals surface area contributed by atoms with E-state index in [1.165, 1.54) is 12.1 Å². The Morgan fingerprint density at radius 2 is 1.83 bits per heavy atom. The van der Waals surface area contributed by atoms with Crippen LogP contribution in [-0.4, -0.2) is 4.92 Å². The number of nitro groups is 1. The zero-order valence-electron chi connectivity index (χ0n) is 6.80. The number of nitro benzene ring substituents is 1. The highest BCUT2D eigenvalue weighted by Crippen LogP contribution is 2.20. The zero-order valence-corrected chi connectivity index (χ0v) is 6.80. The summed E-state index contributed by atoms with van der Waals surface area (Å²) < 4.78 is 12.8. The molecule has 0 heterocycles. The van der Waals surface area contributed by atoms with Gasteiger partial charge in [-0.2, -0.15) is 4.39 Å². The lowest BCUT2D eigenvalue weighted by molar-refractivity contribution is -0.387. The standard InChI is InChI=1S/C8H8FNO2/c1-5-3-7(9)8(10(11)12)4-6(5)2/h3-4H,1-2H3. The second kappa shape index (κ2) is 2.89. The molecule has 0 saturated carbocycles. The van der Waals surface area contributed by atoms with Crippen molar-refractivity contribution in [2.24, 2.45) is 0 Å². The number of aryl methyl sites for hydroxylation is 2. The summed E-state index contributed by atoms with van der Waals surface area (Å²) in [6, 6.07) is 2.41. The SMILES string of the molecule is Cc1cc(F)c([N+](=O)[O-])cc1C. The third-order valence-electron chi connectivity index (χ3n) is 1.76. The van der Waals surface area contributed by atoms with E-state index in [4.69, 9.17) is 0 Å². The van der Waals surface area contributed by atoms with E-state index in [0.29, 0.717) is 0 Å². The second-order valence-electron chi connectivity index (χ2n) is 2.64. The molecule has 1 rings (SSSR count). The van der Waals surface area contributed by atoms with Crippen LogP contribution in [0.15, 0.2) is 12.1 Å². The maximum Gasteiger partial charge on any atom is 0.305 e. The maximum absolute atomic E-state index is 12.8. The van der Waals surface area contributed by atoms with Crippen LogP contribution in [0.5, 0.6) is 0 Å². The lowest BCUT2D eigenvalue weighted by atomic mass is 10.1. The minimum absolute atomic E-state index is 0.460. The van der Waals surface area contributed by atoms with Crippen molar-refractivity contribution in [3.63, 3.8) is 0 Å². The van der Waals surface area contributed by atoms with Crippen LogP contribution < -0.4 is 0 Å². The second-order valence-corrected chi connectivity index (χ2v) is 2.64. The molecule has 0 aliphatic rings. The number of hydrogen-bond acceptors (Lipinski definition) is 2.